The Bertz CT molecular complexity index is 426. The highest BCUT2D eigenvalue weighted by Gasteiger charge is 2.40. The summed E-state index contributed by atoms with van der Waals surface area (Å²) in [5, 5.41) is 0.684. The van der Waals surface area contributed by atoms with E-state index in [1.165, 1.54) is 24.6 Å². The SMILES string of the molecule is CC1(c2ccnc(SCCC=C(F)F)n2)CC1. The van der Waals surface area contributed by atoms with Crippen LogP contribution in [0.3, 0.4) is 0 Å². The van der Waals surface area contributed by atoms with Crippen molar-refractivity contribution >= 4 is 11.8 Å². The van der Waals surface area contributed by atoms with Crippen LogP contribution in [0.2, 0.25) is 0 Å². The lowest BCUT2D eigenvalue weighted by atomic mass is 10.1. The Kier molecular flexibility index (Phi) is 3.76. The molecule has 0 bridgehead atoms. The maximum atomic E-state index is 11.8. The third-order valence-electron chi connectivity index (χ3n) is 2.90. The first-order chi connectivity index (χ1) is 8.10. The molecule has 1 aromatic rings. The van der Waals surface area contributed by atoms with E-state index in [9.17, 15) is 8.78 Å². The molecule has 2 rings (SSSR count). The summed E-state index contributed by atoms with van der Waals surface area (Å²) in [6.07, 6.45) is 3.75. The van der Waals surface area contributed by atoms with Crippen LogP contribution in [0, 0.1) is 0 Å². The number of hydrogen-bond acceptors (Lipinski definition) is 3. The van der Waals surface area contributed by atoms with Crippen LogP contribution in [0.4, 0.5) is 8.78 Å². The molecule has 0 radical (unpaired) electrons. The van der Waals surface area contributed by atoms with Gasteiger partial charge in [0.25, 0.3) is 6.08 Å². The summed E-state index contributed by atoms with van der Waals surface area (Å²) in [5.41, 5.74) is 1.30. The molecule has 0 unspecified atom stereocenters. The topological polar surface area (TPSA) is 25.8 Å². The molecule has 0 saturated heterocycles. The molecule has 1 fully saturated rings. The fraction of sp³-hybridized carbons (Fsp3) is 0.500. The Morgan fingerprint density at radius 3 is 2.94 bits per heavy atom. The first-order valence-electron chi connectivity index (χ1n) is 5.58. The summed E-state index contributed by atoms with van der Waals surface area (Å²) >= 11 is 1.42. The van der Waals surface area contributed by atoms with E-state index in [2.05, 4.69) is 16.9 Å². The minimum atomic E-state index is -1.62. The van der Waals surface area contributed by atoms with Gasteiger partial charge in [-0.1, -0.05) is 18.7 Å². The van der Waals surface area contributed by atoms with Crippen LogP contribution in [0.15, 0.2) is 29.6 Å². The van der Waals surface area contributed by atoms with E-state index in [-0.39, 0.29) is 5.41 Å². The van der Waals surface area contributed by atoms with Crippen molar-refractivity contribution in [2.45, 2.75) is 36.8 Å². The van der Waals surface area contributed by atoms with Gasteiger partial charge in [0, 0.05) is 17.4 Å². The Morgan fingerprint density at radius 1 is 1.53 bits per heavy atom. The Labute approximate surface area is 104 Å². The van der Waals surface area contributed by atoms with Crippen molar-refractivity contribution in [2.75, 3.05) is 5.75 Å². The molecule has 1 aliphatic carbocycles. The summed E-state index contributed by atoms with van der Waals surface area (Å²) in [5.74, 6) is 0.581. The van der Waals surface area contributed by atoms with E-state index in [1.54, 1.807) is 6.20 Å². The standard InChI is InChI=1S/C12H14F2N2S/c1-12(5-6-12)9-4-7-15-11(16-9)17-8-2-3-10(13)14/h3-4,7H,2,5-6,8H2,1H3. The monoisotopic (exact) mass is 256 g/mol. The van der Waals surface area contributed by atoms with Gasteiger partial charge in [-0.2, -0.15) is 8.78 Å². The third kappa shape index (κ3) is 3.49. The lowest BCUT2D eigenvalue weighted by Gasteiger charge is -2.07. The highest BCUT2D eigenvalue weighted by Crippen LogP contribution is 2.46. The van der Waals surface area contributed by atoms with Gasteiger partial charge in [0.1, 0.15) is 0 Å². The third-order valence-corrected chi connectivity index (χ3v) is 3.79. The second-order valence-electron chi connectivity index (χ2n) is 4.42. The van der Waals surface area contributed by atoms with E-state index in [0.29, 0.717) is 17.3 Å². The van der Waals surface area contributed by atoms with Crippen LogP contribution < -0.4 is 0 Å². The molecule has 0 spiro atoms. The number of halogens is 2. The number of aromatic nitrogens is 2. The molecule has 2 nitrogen and oxygen atoms in total. The zero-order valence-corrected chi connectivity index (χ0v) is 10.4. The highest BCUT2D eigenvalue weighted by molar-refractivity contribution is 7.99. The van der Waals surface area contributed by atoms with Crippen molar-refractivity contribution in [1.29, 1.82) is 0 Å². The summed E-state index contributed by atoms with van der Waals surface area (Å²) in [7, 11) is 0. The predicted molar refractivity (Wildman–Crippen MR) is 64.3 cm³/mol. The maximum absolute atomic E-state index is 11.8. The second kappa shape index (κ2) is 5.12. The van der Waals surface area contributed by atoms with E-state index in [0.717, 1.165) is 11.8 Å². The summed E-state index contributed by atoms with van der Waals surface area (Å²) in [4.78, 5) is 8.61. The van der Waals surface area contributed by atoms with Gasteiger partial charge in [-0.3, -0.25) is 0 Å². The molecule has 0 aromatic carbocycles. The van der Waals surface area contributed by atoms with Gasteiger partial charge in [-0.05, 0) is 31.4 Å². The van der Waals surface area contributed by atoms with Crippen molar-refractivity contribution in [3.8, 4) is 0 Å². The Morgan fingerprint density at radius 2 is 2.29 bits per heavy atom. The molecule has 1 aromatic heterocycles. The van der Waals surface area contributed by atoms with Crippen molar-refractivity contribution in [3.05, 3.63) is 30.1 Å². The van der Waals surface area contributed by atoms with Crippen LogP contribution in [0.5, 0.6) is 0 Å². The van der Waals surface area contributed by atoms with E-state index >= 15 is 0 Å². The molecule has 1 saturated carbocycles. The van der Waals surface area contributed by atoms with E-state index < -0.39 is 6.08 Å². The number of thioether (sulfide) groups is 1. The number of nitrogens with zero attached hydrogens (tertiary/aromatic N) is 2. The molecular weight excluding hydrogens is 242 g/mol. The molecule has 0 atom stereocenters. The molecule has 0 amide bonds. The first-order valence-corrected chi connectivity index (χ1v) is 6.56. The van der Waals surface area contributed by atoms with Gasteiger partial charge in [0.15, 0.2) is 5.16 Å². The molecule has 0 aliphatic heterocycles. The van der Waals surface area contributed by atoms with Crippen LogP contribution in [-0.4, -0.2) is 15.7 Å². The molecule has 1 aliphatic rings. The minimum absolute atomic E-state index is 0.225. The molecule has 0 N–H and O–H groups in total. The van der Waals surface area contributed by atoms with E-state index in [4.69, 9.17) is 0 Å². The van der Waals surface area contributed by atoms with Gasteiger partial charge in [0.05, 0.1) is 5.69 Å². The van der Waals surface area contributed by atoms with Crippen molar-refractivity contribution < 1.29 is 8.78 Å². The van der Waals surface area contributed by atoms with Gasteiger partial charge >= 0.3 is 0 Å². The van der Waals surface area contributed by atoms with E-state index in [1.807, 2.05) is 6.07 Å². The molecule has 17 heavy (non-hydrogen) atoms. The average molecular weight is 256 g/mol. The van der Waals surface area contributed by atoms with Crippen molar-refractivity contribution in [2.24, 2.45) is 0 Å². The minimum Gasteiger partial charge on any atom is -0.231 e. The zero-order valence-electron chi connectivity index (χ0n) is 9.62. The van der Waals surface area contributed by atoms with Crippen LogP contribution >= 0.6 is 11.8 Å². The maximum Gasteiger partial charge on any atom is 0.266 e. The average Bonchev–Trinajstić information content (AvgIpc) is 3.05. The fourth-order valence-electron chi connectivity index (χ4n) is 1.51. The van der Waals surface area contributed by atoms with Crippen molar-refractivity contribution in [3.63, 3.8) is 0 Å². The Hall–Kier alpha value is -0.970. The van der Waals surface area contributed by atoms with Gasteiger partial charge in [-0.15, -0.1) is 0 Å². The van der Waals surface area contributed by atoms with Crippen LogP contribution in [0.25, 0.3) is 0 Å². The summed E-state index contributed by atoms with van der Waals surface area (Å²) < 4.78 is 23.6. The fourth-order valence-corrected chi connectivity index (χ4v) is 2.22. The first kappa shape index (κ1) is 12.5. The molecule has 92 valence electrons. The van der Waals surface area contributed by atoms with Gasteiger partial charge < -0.3 is 0 Å². The second-order valence-corrected chi connectivity index (χ2v) is 5.48. The summed E-state index contributed by atoms with van der Waals surface area (Å²) in [6.45, 7) is 2.19. The molecule has 5 heteroatoms. The molecule has 1 heterocycles. The summed E-state index contributed by atoms with van der Waals surface area (Å²) in [6, 6.07) is 1.94. The smallest absolute Gasteiger partial charge is 0.231 e. The lowest BCUT2D eigenvalue weighted by Crippen LogP contribution is -2.04. The quantitative estimate of drug-likeness (QED) is 0.455. The zero-order chi connectivity index (χ0) is 12.3. The number of hydrogen-bond donors (Lipinski definition) is 0. The number of allylic oxidation sites excluding steroid dienone is 1. The van der Waals surface area contributed by atoms with Gasteiger partial charge in [-0.25, -0.2) is 9.97 Å². The van der Waals surface area contributed by atoms with Crippen LogP contribution in [-0.2, 0) is 5.41 Å². The molecular formula is C12H14F2N2S. The highest BCUT2D eigenvalue weighted by atomic mass is 32.2. The predicted octanol–water partition coefficient (Wildman–Crippen LogP) is 3.79. The lowest BCUT2D eigenvalue weighted by molar-refractivity contribution is 0.418. The normalized spacial score (nSPS) is 16.6. The van der Waals surface area contributed by atoms with Gasteiger partial charge in [0.2, 0.25) is 0 Å². The Balaban J connectivity index is 1.91. The van der Waals surface area contributed by atoms with Crippen LogP contribution in [0.1, 0.15) is 31.9 Å². The van der Waals surface area contributed by atoms with Crippen molar-refractivity contribution in [1.82, 2.24) is 9.97 Å². The number of rotatable bonds is 5. The largest absolute Gasteiger partial charge is 0.266 e.